The second kappa shape index (κ2) is 8.88. The summed E-state index contributed by atoms with van der Waals surface area (Å²) in [4.78, 5) is 10.3. The van der Waals surface area contributed by atoms with Crippen LogP contribution in [0.15, 0.2) is 35.9 Å². The summed E-state index contributed by atoms with van der Waals surface area (Å²) in [6.45, 7) is 11.7. The van der Waals surface area contributed by atoms with Crippen molar-refractivity contribution in [2.75, 3.05) is 18.0 Å². The minimum atomic E-state index is -2.67. The Morgan fingerprint density at radius 1 is 1.24 bits per heavy atom. The molecule has 0 spiro atoms. The van der Waals surface area contributed by atoms with Gasteiger partial charge in [-0.1, -0.05) is 37.6 Å². The summed E-state index contributed by atoms with van der Waals surface area (Å²) in [6.07, 6.45) is 5.12. The van der Waals surface area contributed by atoms with Crippen LogP contribution in [0.25, 0.3) is 5.57 Å². The van der Waals surface area contributed by atoms with E-state index in [4.69, 9.17) is 0 Å². The second-order valence-corrected chi connectivity index (χ2v) is 6.54. The average molecular weight is 347 g/mol. The lowest BCUT2D eigenvalue weighted by molar-refractivity contribution is 0.140. The zero-order chi connectivity index (χ0) is 18.4. The van der Waals surface area contributed by atoms with Crippen LogP contribution in [0.2, 0.25) is 0 Å². The van der Waals surface area contributed by atoms with Gasteiger partial charge in [0.25, 0.3) is 6.43 Å². The molecule has 0 N–H and O–H groups in total. The van der Waals surface area contributed by atoms with E-state index in [0.29, 0.717) is 11.5 Å². The summed E-state index contributed by atoms with van der Waals surface area (Å²) in [6, 6.07) is 1.85. The fourth-order valence-electron chi connectivity index (χ4n) is 2.76. The standard InChI is InChI=1S/C20H27F2N3/c1-5-8-16(10-9-15(4)14(2)3)17-13-18(25-11-6-7-12-25)24-20(23-17)19(21)22/h9-10,13,19H,2,5-8,11-12H2,1,3-4H3/b15-9-,16-10+. The molecule has 2 heterocycles. The Bertz CT molecular complexity index is 672. The molecular weight excluding hydrogens is 320 g/mol. The number of anilines is 1. The lowest BCUT2D eigenvalue weighted by Gasteiger charge is -2.18. The van der Waals surface area contributed by atoms with Gasteiger partial charge in [-0.25, -0.2) is 18.7 Å². The minimum Gasteiger partial charge on any atom is -0.356 e. The molecule has 136 valence electrons. The number of nitrogens with zero attached hydrogens (tertiary/aromatic N) is 3. The Kier molecular flexibility index (Phi) is 6.85. The highest BCUT2D eigenvalue weighted by Gasteiger charge is 2.20. The monoisotopic (exact) mass is 347 g/mol. The molecule has 1 fully saturated rings. The van der Waals surface area contributed by atoms with Crippen LogP contribution in [0.4, 0.5) is 14.6 Å². The van der Waals surface area contributed by atoms with E-state index in [1.54, 1.807) is 0 Å². The first-order valence-corrected chi connectivity index (χ1v) is 8.88. The fraction of sp³-hybridized carbons (Fsp3) is 0.500. The maximum Gasteiger partial charge on any atom is 0.297 e. The van der Waals surface area contributed by atoms with Crippen LogP contribution < -0.4 is 4.90 Å². The van der Waals surface area contributed by atoms with Crippen LogP contribution in [0.1, 0.15) is 64.4 Å². The minimum absolute atomic E-state index is 0.387. The number of alkyl halides is 2. The largest absolute Gasteiger partial charge is 0.356 e. The molecule has 1 aromatic rings. The van der Waals surface area contributed by atoms with Gasteiger partial charge in [0.1, 0.15) is 5.82 Å². The molecule has 1 aliphatic rings. The molecule has 1 aliphatic heterocycles. The van der Waals surface area contributed by atoms with Crippen LogP contribution in [0.3, 0.4) is 0 Å². The fourth-order valence-corrected chi connectivity index (χ4v) is 2.76. The van der Waals surface area contributed by atoms with Crippen molar-refractivity contribution in [2.24, 2.45) is 0 Å². The van der Waals surface area contributed by atoms with Gasteiger partial charge >= 0.3 is 0 Å². The Hall–Kier alpha value is -2.04. The summed E-state index contributed by atoms with van der Waals surface area (Å²) < 4.78 is 26.6. The summed E-state index contributed by atoms with van der Waals surface area (Å²) >= 11 is 0. The van der Waals surface area contributed by atoms with Crippen LogP contribution in [-0.2, 0) is 0 Å². The molecule has 25 heavy (non-hydrogen) atoms. The molecule has 0 unspecified atom stereocenters. The van der Waals surface area contributed by atoms with Gasteiger partial charge < -0.3 is 4.90 Å². The van der Waals surface area contributed by atoms with E-state index < -0.39 is 6.43 Å². The van der Waals surface area contributed by atoms with Crippen molar-refractivity contribution in [2.45, 2.75) is 52.9 Å². The first-order chi connectivity index (χ1) is 11.9. The molecule has 2 rings (SSSR count). The van der Waals surface area contributed by atoms with E-state index in [1.807, 2.05) is 32.1 Å². The predicted octanol–water partition coefficient (Wildman–Crippen LogP) is 5.72. The van der Waals surface area contributed by atoms with Gasteiger partial charge in [0.15, 0.2) is 5.82 Å². The zero-order valence-corrected chi connectivity index (χ0v) is 15.4. The van der Waals surface area contributed by atoms with Crippen molar-refractivity contribution in [1.82, 2.24) is 9.97 Å². The number of hydrogen-bond acceptors (Lipinski definition) is 3. The zero-order valence-electron chi connectivity index (χ0n) is 15.4. The Morgan fingerprint density at radius 3 is 2.48 bits per heavy atom. The van der Waals surface area contributed by atoms with Gasteiger partial charge in [-0.3, -0.25) is 0 Å². The SMILES string of the molecule is C=C(C)/C(C)=C\C=C(/CCC)c1cc(N2CCCC2)nc(C(F)F)n1. The molecule has 0 amide bonds. The third kappa shape index (κ3) is 5.21. The van der Waals surface area contributed by atoms with Crippen LogP contribution in [0.5, 0.6) is 0 Å². The highest BCUT2D eigenvalue weighted by molar-refractivity contribution is 5.67. The lowest BCUT2D eigenvalue weighted by atomic mass is 10.0. The molecule has 0 aliphatic carbocycles. The average Bonchev–Trinajstić information content (AvgIpc) is 3.12. The maximum atomic E-state index is 13.3. The second-order valence-electron chi connectivity index (χ2n) is 6.54. The molecule has 0 aromatic carbocycles. The lowest BCUT2D eigenvalue weighted by Crippen LogP contribution is -2.20. The quantitative estimate of drug-likeness (QED) is 0.591. The topological polar surface area (TPSA) is 29.0 Å². The van der Waals surface area contributed by atoms with Crippen molar-refractivity contribution in [1.29, 1.82) is 0 Å². The molecule has 0 radical (unpaired) electrons. The number of halogens is 2. The highest BCUT2D eigenvalue weighted by atomic mass is 19.3. The normalized spacial score (nSPS) is 16.0. The van der Waals surface area contributed by atoms with Crippen molar-refractivity contribution in [3.05, 3.63) is 47.5 Å². The van der Waals surface area contributed by atoms with Gasteiger partial charge in [0.05, 0.1) is 5.69 Å². The van der Waals surface area contributed by atoms with E-state index in [1.165, 1.54) is 0 Å². The molecule has 0 atom stereocenters. The van der Waals surface area contributed by atoms with Gasteiger partial charge in [-0.05, 0) is 44.3 Å². The molecule has 3 nitrogen and oxygen atoms in total. The van der Waals surface area contributed by atoms with Crippen molar-refractivity contribution >= 4 is 11.4 Å². The third-order valence-corrected chi connectivity index (χ3v) is 4.41. The molecule has 5 heteroatoms. The summed E-state index contributed by atoms with van der Waals surface area (Å²) in [5.41, 5.74) is 3.60. The van der Waals surface area contributed by atoms with E-state index in [9.17, 15) is 8.78 Å². The van der Waals surface area contributed by atoms with E-state index in [0.717, 1.165) is 55.5 Å². The Labute approximate surface area is 149 Å². The molecule has 1 saturated heterocycles. The first-order valence-electron chi connectivity index (χ1n) is 8.88. The Morgan fingerprint density at radius 2 is 1.92 bits per heavy atom. The molecule has 0 bridgehead atoms. The van der Waals surface area contributed by atoms with Gasteiger partial charge in [0, 0.05) is 19.2 Å². The number of aromatic nitrogens is 2. The number of rotatable bonds is 7. The molecule has 0 saturated carbocycles. The van der Waals surface area contributed by atoms with Crippen LogP contribution >= 0.6 is 0 Å². The summed E-state index contributed by atoms with van der Waals surface area (Å²) in [7, 11) is 0. The number of hydrogen-bond donors (Lipinski definition) is 0. The predicted molar refractivity (Wildman–Crippen MR) is 99.9 cm³/mol. The van der Waals surface area contributed by atoms with E-state index in [2.05, 4.69) is 28.4 Å². The highest BCUT2D eigenvalue weighted by Crippen LogP contribution is 2.27. The maximum absolute atomic E-state index is 13.3. The first kappa shape index (κ1) is 19.3. The number of allylic oxidation sites excluding steroid dienone is 5. The van der Waals surface area contributed by atoms with E-state index >= 15 is 0 Å². The van der Waals surface area contributed by atoms with Crippen LogP contribution in [-0.4, -0.2) is 23.1 Å². The van der Waals surface area contributed by atoms with Crippen LogP contribution in [0, 0.1) is 0 Å². The third-order valence-electron chi connectivity index (χ3n) is 4.41. The summed E-state index contributed by atoms with van der Waals surface area (Å²) in [5.74, 6) is 0.224. The van der Waals surface area contributed by atoms with Gasteiger partial charge in [-0.2, -0.15) is 0 Å². The van der Waals surface area contributed by atoms with Gasteiger partial charge in [0.2, 0.25) is 0 Å². The van der Waals surface area contributed by atoms with E-state index in [-0.39, 0.29) is 5.82 Å². The summed E-state index contributed by atoms with van der Waals surface area (Å²) in [5, 5.41) is 0. The molecule has 1 aromatic heterocycles. The van der Waals surface area contributed by atoms with Crippen molar-refractivity contribution in [3.8, 4) is 0 Å². The smallest absolute Gasteiger partial charge is 0.297 e. The van der Waals surface area contributed by atoms with Crippen molar-refractivity contribution in [3.63, 3.8) is 0 Å². The Balaban J connectivity index is 2.46. The van der Waals surface area contributed by atoms with Gasteiger partial charge in [-0.15, -0.1) is 0 Å². The van der Waals surface area contributed by atoms with Crippen molar-refractivity contribution < 1.29 is 8.78 Å². The molecular formula is C20H27F2N3.